The van der Waals surface area contributed by atoms with E-state index in [9.17, 15) is 4.79 Å². The van der Waals surface area contributed by atoms with Gasteiger partial charge in [-0.1, -0.05) is 13.3 Å². The van der Waals surface area contributed by atoms with Crippen molar-refractivity contribution in [2.45, 2.75) is 39.2 Å². The number of rotatable bonds is 7. The Morgan fingerprint density at radius 2 is 2.29 bits per heavy atom. The van der Waals surface area contributed by atoms with E-state index in [2.05, 4.69) is 12.2 Å². The summed E-state index contributed by atoms with van der Waals surface area (Å²) in [4.78, 5) is 11.5. The van der Waals surface area contributed by atoms with Crippen molar-refractivity contribution in [2.75, 3.05) is 13.2 Å². The quantitative estimate of drug-likeness (QED) is 0.587. The van der Waals surface area contributed by atoms with Crippen LogP contribution in [0.3, 0.4) is 0 Å². The zero-order chi connectivity index (χ0) is 12.7. The standard InChI is InChI=1S/C13H21NO3/c1-4-5-8-14-13(2,3)10-17-12(15)11-7-6-9-16-11/h6-7,9,14H,4-5,8,10H2,1-3H3. The summed E-state index contributed by atoms with van der Waals surface area (Å²) in [7, 11) is 0. The van der Waals surface area contributed by atoms with Crippen LogP contribution in [0.25, 0.3) is 0 Å². The molecule has 1 heterocycles. The lowest BCUT2D eigenvalue weighted by atomic mass is 10.1. The first-order chi connectivity index (χ1) is 8.05. The summed E-state index contributed by atoms with van der Waals surface area (Å²) >= 11 is 0. The Bertz CT molecular complexity index is 330. The summed E-state index contributed by atoms with van der Waals surface area (Å²) in [5.41, 5.74) is -0.211. The molecule has 1 aromatic rings. The molecule has 0 amide bonds. The number of hydrogen-bond acceptors (Lipinski definition) is 4. The third-order valence-electron chi connectivity index (χ3n) is 2.42. The second-order valence-corrected chi connectivity index (χ2v) is 4.72. The molecule has 0 atom stereocenters. The zero-order valence-corrected chi connectivity index (χ0v) is 10.8. The third kappa shape index (κ3) is 5.04. The Balaban J connectivity index is 2.31. The second-order valence-electron chi connectivity index (χ2n) is 4.72. The number of hydrogen-bond donors (Lipinski definition) is 1. The van der Waals surface area contributed by atoms with Crippen molar-refractivity contribution in [3.05, 3.63) is 24.2 Å². The van der Waals surface area contributed by atoms with E-state index in [-0.39, 0.29) is 11.3 Å². The van der Waals surface area contributed by atoms with Gasteiger partial charge in [-0.15, -0.1) is 0 Å². The van der Waals surface area contributed by atoms with Crippen LogP contribution in [0, 0.1) is 0 Å². The normalized spacial score (nSPS) is 11.5. The summed E-state index contributed by atoms with van der Waals surface area (Å²) in [5, 5.41) is 3.35. The number of esters is 1. The lowest BCUT2D eigenvalue weighted by Crippen LogP contribution is -2.44. The van der Waals surface area contributed by atoms with Crippen molar-refractivity contribution in [2.24, 2.45) is 0 Å². The number of ether oxygens (including phenoxy) is 1. The highest BCUT2D eigenvalue weighted by Crippen LogP contribution is 2.07. The Hall–Kier alpha value is -1.29. The van der Waals surface area contributed by atoms with Crippen molar-refractivity contribution in [1.29, 1.82) is 0 Å². The minimum Gasteiger partial charge on any atom is -0.458 e. The van der Waals surface area contributed by atoms with Crippen LogP contribution >= 0.6 is 0 Å². The van der Waals surface area contributed by atoms with E-state index < -0.39 is 5.97 Å². The molecule has 0 unspecified atom stereocenters. The SMILES string of the molecule is CCCCNC(C)(C)COC(=O)c1ccco1. The molecule has 0 radical (unpaired) electrons. The van der Waals surface area contributed by atoms with Gasteiger partial charge in [-0.05, 0) is 38.9 Å². The van der Waals surface area contributed by atoms with Gasteiger partial charge in [0.15, 0.2) is 0 Å². The summed E-state index contributed by atoms with van der Waals surface area (Å²) in [6.07, 6.45) is 3.73. The first-order valence-electron chi connectivity index (χ1n) is 6.01. The number of unbranched alkanes of at least 4 members (excludes halogenated alkanes) is 1. The Labute approximate surface area is 102 Å². The van der Waals surface area contributed by atoms with Crippen molar-refractivity contribution >= 4 is 5.97 Å². The molecular weight excluding hydrogens is 218 g/mol. The van der Waals surface area contributed by atoms with Crippen LogP contribution in [0.15, 0.2) is 22.8 Å². The molecule has 0 saturated carbocycles. The van der Waals surface area contributed by atoms with Crippen LogP contribution < -0.4 is 5.32 Å². The van der Waals surface area contributed by atoms with Crippen molar-refractivity contribution in [3.63, 3.8) is 0 Å². The molecule has 0 aliphatic heterocycles. The molecular formula is C13H21NO3. The van der Waals surface area contributed by atoms with Crippen LogP contribution in [0.5, 0.6) is 0 Å². The van der Waals surface area contributed by atoms with Crippen molar-refractivity contribution < 1.29 is 13.9 Å². The van der Waals surface area contributed by atoms with E-state index in [1.165, 1.54) is 6.26 Å². The summed E-state index contributed by atoms with van der Waals surface area (Å²) < 4.78 is 10.2. The van der Waals surface area contributed by atoms with E-state index in [0.29, 0.717) is 6.61 Å². The van der Waals surface area contributed by atoms with E-state index in [0.717, 1.165) is 19.4 Å². The maximum atomic E-state index is 11.5. The Morgan fingerprint density at radius 3 is 2.88 bits per heavy atom. The van der Waals surface area contributed by atoms with Crippen molar-refractivity contribution in [1.82, 2.24) is 5.32 Å². The molecule has 1 N–H and O–H groups in total. The predicted octanol–water partition coefficient (Wildman–Crippen LogP) is 2.60. The lowest BCUT2D eigenvalue weighted by molar-refractivity contribution is 0.0365. The van der Waals surface area contributed by atoms with Crippen LogP contribution in [-0.4, -0.2) is 24.7 Å². The minimum absolute atomic E-state index is 0.211. The fourth-order valence-corrected chi connectivity index (χ4v) is 1.37. The molecule has 4 nitrogen and oxygen atoms in total. The van der Waals surface area contributed by atoms with Gasteiger partial charge < -0.3 is 14.5 Å². The van der Waals surface area contributed by atoms with Crippen LogP contribution in [0.4, 0.5) is 0 Å². The lowest BCUT2D eigenvalue weighted by Gasteiger charge is -2.25. The molecule has 0 saturated heterocycles. The van der Waals surface area contributed by atoms with Crippen LogP contribution in [0.1, 0.15) is 44.2 Å². The fourth-order valence-electron chi connectivity index (χ4n) is 1.37. The average molecular weight is 239 g/mol. The first kappa shape index (κ1) is 13.8. The van der Waals surface area contributed by atoms with E-state index >= 15 is 0 Å². The molecule has 0 aliphatic rings. The van der Waals surface area contributed by atoms with Gasteiger partial charge in [0.1, 0.15) is 6.61 Å². The zero-order valence-electron chi connectivity index (χ0n) is 10.8. The van der Waals surface area contributed by atoms with Crippen molar-refractivity contribution in [3.8, 4) is 0 Å². The van der Waals surface area contributed by atoms with Gasteiger partial charge in [0.2, 0.25) is 5.76 Å². The van der Waals surface area contributed by atoms with Gasteiger partial charge in [0, 0.05) is 5.54 Å². The molecule has 0 aromatic carbocycles. The van der Waals surface area contributed by atoms with Gasteiger partial charge in [-0.3, -0.25) is 0 Å². The molecule has 17 heavy (non-hydrogen) atoms. The molecule has 0 aliphatic carbocycles. The van der Waals surface area contributed by atoms with Gasteiger partial charge in [-0.25, -0.2) is 4.79 Å². The smallest absolute Gasteiger partial charge is 0.374 e. The first-order valence-corrected chi connectivity index (χ1v) is 6.01. The number of carbonyl (C=O) groups excluding carboxylic acids is 1. The fraction of sp³-hybridized carbons (Fsp3) is 0.615. The molecule has 96 valence electrons. The maximum Gasteiger partial charge on any atom is 0.374 e. The summed E-state index contributed by atoms with van der Waals surface area (Å²) in [5.74, 6) is -0.172. The van der Waals surface area contributed by atoms with E-state index in [1.807, 2.05) is 13.8 Å². The molecule has 1 aromatic heterocycles. The van der Waals surface area contributed by atoms with Gasteiger partial charge in [0.05, 0.1) is 6.26 Å². The Kier molecular flexibility index (Phi) is 5.22. The number of nitrogens with one attached hydrogen (secondary N) is 1. The molecule has 0 bridgehead atoms. The monoisotopic (exact) mass is 239 g/mol. The van der Waals surface area contributed by atoms with Gasteiger partial charge in [-0.2, -0.15) is 0 Å². The molecule has 0 spiro atoms. The largest absolute Gasteiger partial charge is 0.458 e. The third-order valence-corrected chi connectivity index (χ3v) is 2.42. The van der Waals surface area contributed by atoms with E-state index in [4.69, 9.17) is 9.15 Å². The number of furan rings is 1. The topological polar surface area (TPSA) is 51.5 Å². The average Bonchev–Trinajstić information content (AvgIpc) is 2.80. The summed E-state index contributed by atoms with van der Waals surface area (Å²) in [6.45, 7) is 7.43. The maximum absolute atomic E-state index is 11.5. The Morgan fingerprint density at radius 1 is 1.53 bits per heavy atom. The minimum atomic E-state index is -0.416. The predicted molar refractivity (Wildman–Crippen MR) is 66.0 cm³/mol. The molecule has 0 fully saturated rings. The number of carbonyl (C=O) groups is 1. The highest BCUT2D eigenvalue weighted by molar-refractivity contribution is 5.86. The van der Waals surface area contributed by atoms with E-state index in [1.54, 1.807) is 12.1 Å². The second kappa shape index (κ2) is 6.45. The summed E-state index contributed by atoms with van der Waals surface area (Å²) in [6, 6.07) is 3.26. The van der Waals surface area contributed by atoms with Gasteiger partial charge in [0.25, 0.3) is 0 Å². The van der Waals surface area contributed by atoms with Gasteiger partial charge >= 0.3 is 5.97 Å². The molecule has 1 rings (SSSR count). The van der Waals surface area contributed by atoms with Crippen LogP contribution in [-0.2, 0) is 4.74 Å². The highest BCUT2D eigenvalue weighted by atomic mass is 16.5. The van der Waals surface area contributed by atoms with Crippen LogP contribution in [0.2, 0.25) is 0 Å². The highest BCUT2D eigenvalue weighted by Gasteiger charge is 2.20. The molecule has 4 heteroatoms.